The van der Waals surface area contributed by atoms with E-state index in [4.69, 9.17) is 0 Å². The Hall–Kier alpha value is -0.410. The van der Waals surface area contributed by atoms with Gasteiger partial charge in [0.1, 0.15) is 0 Å². The molecule has 1 heterocycles. The molecular weight excluding hydrogens is 284 g/mol. The summed E-state index contributed by atoms with van der Waals surface area (Å²) in [6, 6.07) is 2.00. The second-order valence-electron chi connectivity index (χ2n) is 4.40. The molecule has 2 rings (SSSR count). The van der Waals surface area contributed by atoms with E-state index in [1.807, 2.05) is 11.4 Å². The van der Waals surface area contributed by atoms with Crippen LogP contribution in [0.2, 0.25) is 0 Å². The molecule has 1 aromatic rings. The van der Waals surface area contributed by atoms with Crippen LogP contribution < -0.4 is 0 Å². The van der Waals surface area contributed by atoms with Gasteiger partial charge in [-0.05, 0) is 58.1 Å². The maximum atomic E-state index is 12.0. The largest absolute Gasteiger partial charge is 0.294 e. The number of halogens is 1. The fourth-order valence-corrected chi connectivity index (χ4v) is 3.42. The summed E-state index contributed by atoms with van der Waals surface area (Å²) in [6.45, 7) is 2.24. The molecule has 1 aliphatic rings. The normalized spacial score (nSPS) is 20.6. The molecule has 86 valence electrons. The summed E-state index contributed by atoms with van der Waals surface area (Å²) in [5.41, 5.74) is 1.04. The van der Waals surface area contributed by atoms with Crippen molar-refractivity contribution in [1.29, 1.82) is 0 Å². The van der Waals surface area contributed by atoms with E-state index in [1.54, 1.807) is 11.3 Å². The monoisotopic (exact) mass is 298 g/mol. The summed E-state index contributed by atoms with van der Waals surface area (Å²) in [5, 5.41) is 2.02. The fraction of sp³-hybridized carbons (Fsp3) is 0.462. The van der Waals surface area contributed by atoms with Gasteiger partial charge in [-0.3, -0.25) is 4.79 Å². The Labute approximate surface area is 109 Å². The number of hydrogen-bond donors (Lipinski definition) is 0. The lowest BCUT2D eigenvalue weighted by atomic mass is 9.88. The first-order chi connectivity index (χ1) is 7.66. The topological polar surface area (TPSA) is 17.1 Å². The highest BCUT2D eigenvalue weighted by Gasteiger charge is 2.17. The van der Waals surface area contributed by atoms with Crippen LogP contribution in [0.4, 0.5) is 0 Å². The standard InChI is InChI=1S/C13H15BrOS/c1-9-2-4-10(5-3-9)12(15)8-13-11(14)6-7-16-13/h4,6-7,9H,2-3,5,8H2,1H3. The zero-order valence-electron chi connectivity index (χ0n) is 9.33. The molecule has 1 unspecified atom stereocenters. The van der Waals surface area contributed by atoms with Gasteiger partial charge in [-0.25, -0.2) is 0 Å². The first-order valence-corrected chi connectivity index (χ1v) is 7.28. The first kappa shape index (κ1) is 12.1. The molecule has 0 N–H and O–H groups in total. The lowest BCUT2D eigenvalue weighted by Crippen LogP contribution is -2.11. The van der Waals surface area contributed by atoms with Crippen LogP contribution in [-0.4, -0.2) is 5.78 Å². The van der Waals surface area contributed by atoms with Gasteiger partial charge < -0.3 is 0 Å². The van der Waals surface area contributed by atoms with E-state index in [0.717, 1.165) is 40.1 Å². The summed E-state index contributed by atoms with van der Waals surface area (Å²) < 4.78 is 1.07. The zero-order chi connectivity index (χ0) is 11.5. The molecule has 0 aromatic carbocycles. The van der Waals surface area contributed by atoms with Gasteiger partial charge in [-0.2, -0.15) is 0 Å². The highest BCUT2D eigenvalue weighted by atomic mass is 79.9. The van der Waals surface area contributed by atoms with Crippen molar-refractivity contribution in [2.24, 2.45) is 5.92 Å². The number of ketones is 1. The fourth-order valence-electron chi connectivity index (χ4n) is 1.93. The van der Waals surface area contributed by atoms with E-state index in [-0.39, 0.29) is 0 Å². The minimum atomic E-state index is 0.301. The van der Waals surface area contributed by atoms with Gasteiger partial charge in [0, 0.05) is 15.8 Å². The Morgan fingerprint density at radius 3 is 3.00 bits per heavy atom. The van der Waals surface area contributed by atoms with Crippen molar-refractivity contribution >= 4 is 33.0 Å². The summed E-state index contributed by atoms with van der Waals surface area (Å²) in [6.07, 6.45) is 5.87. The Morgan fingerprint density at radius 1 is 1.62 bits per heavy atom. The maximum absolute atomic E-state index is 12.0. The van der Waals surface area contributed by atoms with Crippen LogP contribution >= 0.6 is 27.3 Å². The van der Waals surface area contributed by atoms with Gasteiger partial charge >= 0.3 is 0 Å². The third kappa shape index (κ3) is 2.83. The number of allylic oxidation sites excluding steroid dienone is 2. The quantitative estimate of drug-likeness (QED) is 0.810. The molecule has 3 heteroatoms. The number of hydrogen-bond acceptors (Lipinski definition) is 2. The molecule has 1 atom stereocenters. The molecule has 0 fully saturated rings. The molecule has 0 bridgehead atoms. The average Bonchev–Trinajstić information content (AvgIpc) is 2.65. The lowest BCUT2D eigenvalue weighted by molar-refractivity contribution is -0.115. The highest BCUT2D eigenvalue weighted by Crippen LogP contribution is 2.27. The number of carbonyl (C=O) groups excluding carboxylic acids is 1. The van der Waals surface area contributed by atoms with E-state index < -0.39 is 0 Å². The van der Waals surface area contributed by atoms with Crippen molar-refractivity contribution in [3.8, 4) is 0 Å². The van der Waals surface area contributed by atoms with Crippen molar-refractivity contribution < 1.29 is 4.79 Å². The third-order valence-electron chi connectivity index (χ3n) is 3.04. The third-order valence-corrected chi connectivity index (χ3v) is 4.97. The molecule has 0 spiro atoms. The van der Waals surface area contributed by atoms with E-state index in [1.165, 1.54) is 0 Å². The van der Waals surface area contributed by atoms with Crippen LogP contribution in [0.1, 0.15) is 31.1 Å². The molecular formula is C13H15BrOS. The average molecular weight is 299 g/mol. The Morgan fingerprint density at radius 2 is 2.44 bits per heavy atom. The molecule has 1 aromatic heterocycles. The van der Waals surface area contributed by atoms with Crippen molar-refractivity contribution in [3.05, 3.63) is 32.4 Å². The van der Waals surface area contributed by atoms with Gasteiger partial charge in [0.25, 0.3) is 0 Å². The molecule has 0 aliphatic heterocycles. The summed E-state index contributed by atoms with van der Waals surface area (Å²) in [4.78, 5) is 13.2. The van der Waals surface area contributed by atoms with Gasteiger partial charge in [-0.15, -0.1) is 11.3 Å². The van der Waals surface area contributed by atoms with Gasteiger partial charge in [-0.1, -0.05) is 13.0 Å². The van der Waals surface area contributed by atoms with Gasteiger partial charge in [0.15, 0.2) is 5.78 Å². The van der Waals surface area contributed by atoms with E-state index >= 15 is 0 Å². The molecule has 0 radical (unpaired) electrons. The lowest BCUT2D eigenvalue weighted by Gasteiger charge is -2.17. The van der Waals surface area contributed by atoms with Crippen molar-refractivity contribution in [1.82, 2.24) is 0 Å². The van der Waals surface area contributed by atoms with Gasteiger partial charge in [0.2, 0.25) is 0 Å². The van der Waals surface area contributed by atoms with Crippen LogP contribution in [0.25, 0.3) is 0 Å². The molecule has 16 heavy (non-hydrogen) atoms. The Kier molecular flexibility index (Phi) is 3.98. The van der Waals surface area contributed by atoms with E-state index in [9.17, 15) is 4.79 Å². The number of thiophene rings is 1. The summed E-state index contributed by atoms with van der Waals surface area (Å²) in [7, 11) is 0. The van der Waals surface area contributed by atoms with Crippen LogP contribution in [0.5, 0.6) is 0 Å². The minimum absolute atomic E-state index is 0.301. The molecule has 0 saturated carbocycles. The second-order valence-corrected chi connectivity index (χ2v) is 6.26. The van der Waals surface area contributed by atoms with Crippen molar-refractivity contribution in [2.75, 3.05) is 0 Å². The predicted molar refractivity (Wildman–Crippen MR) is 71.8 cm³/mol. The van der Waals surface area contributed by atoms with Crippen LogP contribution in [0.15, 0.2) is 27.6 Å². The smallest absolute Gasteiger partial charge is 0.163 e. The Bertz CT molecular complexity index is 419. The summed E-state index contributed by atoms with van der Waals surface area (Å²) >= 11 is 5.11. The molecule has 0 amide bonds. The van der Waals surface area contributed by atoms with Crippen LogP contribution in [-0.2, 0) is 11.2 Å². The van der Waals surface area contributed by atoms with E-state index in [2.05, 4.69) is 28.9 Å². The van der Waals surface area contributed by atoms with Crippen LogP contribution in [0.3, 0.4) is 0 Å². The first-order valence-electron chi connectivity index (χ1n) is 5.61. The minimum Gasteiger partial charge on any atom is -0.294 e. The maximum Gasteiger partial charge on any atom is 0.163 e. The number of carbonyl (C=O) groups is 1. The molecule has 1 nitrogen and oxygen atoms in total. The predicted octanol–water partition coefficient (Wildman–Crippen LogP) is 4.37. The number of rotatable bonds is 3. The second kappa shape index (κ2) is 5.28. The SMILES string of the molecule is CC1CC=C(C(=O)Cc2sccc2Br)CC1. The van der Waals surface area contributed by atoms with E-state index in [0.29, 0.717) is 12.2 Å². The van der Waals surface area contributed by atoms with Crippen molar-refractivity contribution in [3.63, 3.8) is 0 Å². The van der Waals surface area contributed by atoms with Crippen molar-refractivity contribution in [2.45, 2.75) is 32.6 Å². The highest BCUT2D eigenvalue weighted by molar-refractivity contribution is 9.10. The molecule has 0 saturated heterocycles. The molecule has 1 aliphatic carbocycles. The number of Topliss-reactive ketones (excluding diaryl/α,β-unsaturated/α-hetero) is 1. The van der Waals surface area contributed by atoms with Gasteiger partial charge in [0.05, 0.1) is 0 Å². The Balaban J connectivity index is 2.01. The summed E-state index contributed by atoms with van der Waals surface area (Å²) in [5.74, 6) is 1.04. The van der Waals surface area contributed by atoms with Crippen LogP contribution in [0, 0.1) is 5.92 Å². The zero-order valence-corrected chi connectivity index (χ0v) is 11.7.